The Morgan fingerprint density at radius 2 is 1.91 bits per heavy atom. The zero-order valence-corrected chi connectivity index (χ0v) is 13.2. The molecular weight excluding hydrogens is 314 g/mol. The largest absolute Gasteiger partial charge is 0.416 e. The molecule has 0 aliphatic heterocycles. The predicted molar refractivity (Wildman–Crippen MR) is 89.7 cm³/mol. The van der Waals surface area contributed by atoms with Gasteiger partial charge in [-0.15, -0.1) is 21.8 Å². The van der Waals surface area contributed by atoms with Crippen LogP contribution in [0.4, 0.5) is 5.69 Å². The quantitative estimate of drug-likeness (QED) is 0.451. The maximum atomic E-state index is 5.77. The lowest BCUT2D eigenvalue weighted by Crippen LogP contribution is -2.12. The fourth-order valence-corrected chi connectivity index (χ4v) is 2.11. The van der Waals surface area contributed by atoms with Gasteiger partial charge in [-0.1, -0.05) is 11.6 Å². The number of aryl methyl sites for hydroxylation is 1. The van der Waals surface area contributed by atoms with Crippen molar-refractivity contribution in [3.63, 3.8) is 0 Å². The van der Waals surface area contributed by atoms with E-state index in [9.17, 15) is 0 Å². The number of nitrogens with two attached hydrogens (primary N) is 1. The first-order chi connectivity index (χ1) is 11.2. The van der Waals surface area contributed by atoms with Gasteiger partial charge in [0, 0.05) is 18.0 Å². The summed E-state index contributed by atoms with van der Waals surface area (Å²) in [6, 6.07) is 9.31. The third kappa shape index (κ3) is 3.37. The summed E-state index contributed by atoms with van der Waals surface area (Å²) in [7, 11) is 0. The van der Waals surface area contributed by atoms with Gasteiger partial charge in [-0.25, -0.2) is 4.99 Å². The highest BCUT2D eigenvalue weighted by Gasteiger charge is 2.14. The molecule has 0 fully saturated rings. The maximum absolute atomic E-state index is 5.77. The van der Waals surface area contributed by atoms with Crippen LogP contribution in [0, 0.1) is 6.92 Å². The summed E-state index contributed by atoms with van der Waals surface area (Å²) in [6.45, 7) is 1.97. The molecule has 0 saturated heterocycles. The van der Waals surface area contributed by atoms with E-state index >= 15 is 0 Å². The van der Waals surface area contributed by atoms with Crippen LogP contribution in [0.1, 0.15) is 5.56 Å². The molecule has 0 saturated carbocycles. The number of aliphatic imine (C=N–C) groups is 1. The van der Waals surface area contributed by atoms with E-state index in [1.54, 1.807) is 24.5 Å². The Labute approximate surface area is 138 Å². The molecule has 0 amide bonds. The van der Waals surface area contributed by atoms with E-state index in [1.807, 2.05) is 25.1 Å². The third-order valence-electron chi connectivity index (χ3n) is 3.14. The lowest BCUT2D eigenvalue weighted by molar-refractivity contribution is 0.584. The van der Waals surface area contributed by atoms with Gasteiger partial charge in [-0.05, 0) is 31.2 Å². The number of nitrogens with zero attached hydrogens (tertiary/aromatic N) is 4. The summed E-state index contributed by atoms with van der Waals surface area (Å²) in [6.07, 6.45) is 3.34. The van der Waals surface area contributed by atoms with Crippen molar-refractivity contribution in [3.05, 3.63) is 48.3 Å². The van der Waals surface area contributed by atoms with Crippen molar-refractivity contribution >= 4 is 23.1 Å². The molecule has 0 unspecified atom stereocenters. The minimum atomic E-state index is 0.152. The zero-order valence-electron chi connectivity index (χ0n) is 12.4. The van der Waals surface area contributed by atoms with Gasteiger partial charge in [0.25, 0.3) is 0 Å². The van der Waals surface area contributed by atoms with Crippen molar-refractivity contribution in [3.8, 4) is 22.9 Å². The topological polar surface area (TPSA) is 90.2 Å². The molecule has 0 atom stereocenters. The molecule has 116 valence electrons. The molecule has 6 nitrogen and oxygen atoms in total. The van der Waals surface area contributed by atoms with Crippen LogP contribution in [0.15, 0.2) is 52.1 Å². The summed E-state index contributed by atoms with van der Waals surface area (Å²) in [5, 5.41) is 8.20. The standard InChI is InChI=1S/C16H14ClN5O/c1-10-2-3-13(20-14(18)9-17)12(8-10)16-22-21-15(23-16)11-4-6-19-7-5-11/h2-8H,9H2,1H3,(H2,18,20). The molecule has 3 rings (SSSR count). The minimum absolute atomic E-state index is 0.152. The maximum Gasteiger partial charge on any atom is 0.250 e. The SMILES string of the molecule is Cc1ccc(N=C(N)CCl)c(-c2nnc(-c3ccncc3)o2)c1. The second-order valence-electron chi connectivity index (χ2n) is 4.91. The van der Waals surface area contributed by atoms with Gasteiger partial charge >= 0.3 is 0 Å². The van der Waals surface area contributed by atoms with Crippen LogP contribution in [0.3, 0.4) is 0 Å². The van der Waals surface area contributed by atoms with Crippen molar-refractivity contribution in [1.29, 1.82) is 0 Å². The molecule has 0 bridgehead atoms. The van der Waals surface area contributed by atoms with Crippen LogP contribution in [0.5, 0.6) is 0 Å². The predicted octanol–water partition coefficient (Wildman–Crippen LogP) is 3.33. The summed E-state index contributed by atoms with van der Waals surface area (Å²) in [4.78, 5) is 8.27. The molecular formula is C16H14ClN5O. The van der Waals surface area contributed by atoms with Gasteiger partial charge in [0.05, 0.1) is 17.1 Å². The number of hydrogen-bond acceptors (Lipinski definition) is 5. The number of alkyl halides is 1. The van der Waals surface area contributed by atoms with E-state index in [0.29, 0.717) is 28.9 Å². The third-order valence-corrected chi connectivity index (χ3v) is 3.41. The van der Waals surface area contributed by atoms with Crippen LogP contribution in [-0.4, -0.2) is 26.9 Å². The first-order valence-corrected chi connectivity index (χ1v) is 7.45. The Bertz CT molecular complexity index is 845. The van der Waals surface area contributed by atoms with Crippen LogP contribution in [-0.2, 0) is 0 Å². The lowest BCUT2D eigenvalue weighted by atomic mass is 10.1. The minimum Gasteiger partial charge on any atom is -0.416 e. The summed E-state index contributed by atoms with van der Waals surface area (Å²) < 4.78 is 5.77. The van der Waals surface area contributed by atoms with Crippen molar-refractivity contribution in [2.45, 2.75) is 6.92 Å². The Hall–Kier alpha value is -2.73. The monoisotopic (exact) mass is 327 g/mol. The second-order valence-corrected chi connectivity index (χ2v) is 5.17. The van der Waals surface area contributed by atoms with Crippen molar-refractivity contribution in [1.82, 2.24) is 15.2 Å². The Balaban J connectivity index is 2.05. The van der Waals surface area contributed by atoms with E-state index in [0.717, 1.165) is 11.1 Å². The molecule has 2 N–H and O–H groups in total. The van der Waals surface area contributed by atoms with Crippen LogP contribution < -0.4 is 5.73 Å². The van der Waals surface area contributed by atoms with E-state index < -0.39 is 0 Å². The number of benzene rings is 1. The average Bonchev–Trinajstić information content (AvgIpc) is 3.07. The summed E-state index contributed by atoms with van der Waals surface area (Å²) in [5.74, 6) is 1.27. The number of hydrogen-bond donors (Lipinski definition) is 1. The molecule has 2 aromatic heterocycles. The van der Waals surface area contributed by atoms with Crippen LogP contribution in [0.2, 0.25) is 0 Å². The number of pyridine rings is 1. The molecule has 3 aromatic rings. The van der Waals surface area contributed by atoms with Gasteiger partial charge < -0.3 is 10.2 Å². The normalized spacial score (nSPS) is 11.7. The fraction of sp³-hybridized carbons (Fsp3) is 0.125. The molecule has 0 radical (unpaired) electrons. The van der Waals surface area contributed by atoms with Gasteiger partial charge in [-0.3, -0.25) is 4.98 Å². The smallest absolute Gasteiger partial charge is 0.250 e. The molecule has 7 heteroatoms. The van der Waals surface area contributed by atoms with E-state index in [2.05, 4.69) is 20.2 Å². The first kappa shape index (κ1) is 15.2. The average molecular weight is 328 g/mol. The molecule has 0 aliphatic carbocycles. The van der Waals surface area contributed by atoms with Crippen LogP contribution >= 0.6 is 11.6 Å². The van der Waals surface area contributed by atoms with E-state index in [-0.39, 0.29) is 5.88 Å². The van der Waals surface area contributed by atoms with Gasteiger partial charge in [-0.2, -0.15) is 0 Å². The number of halogens is 1. The summed E-state index contributed by atoms with van der Waals surface area (Å²) in [5.41, 5.74) is 8.93. The Morgan fingerprint density at radius 3 is 2.65 bits per heavy atom. The van der Waals surface area contributed by atoms with Crippen molar-refractivity contribution in [2.75, 3.05) is 5.88 Å². The van der Waals surface area contributed by atoms with Gasteiger partial charge in [0.2, 0.25) is 11.8 Å². The van der Waals surface area contributed by atoms with Crippen LogP contribution in [0.25, 0.3) is 22.9 Å². The highest BCUT2D eigenvalue weighted by atomic mass is 35.5. The second kappa shape index (κ2) is 6.58. The molecule has 23 heavy (non-hydrogen) atoms. The Morgan fingerprint density at radius 1 is 1.17 bits per heavy atom. The number of aromatic nitrogens is 3. The van der Waals surface area contributed by atoms with E-state index in [1.165, 1.54) is 0 Å². The molecule has 0 aliphatic rings. The number of rotatable bonds is 4. The van der Waals surface area contributed by atoms with Gasteiger partial charge in [0.15, 0.2) is 0 Å². The zero-order chi connectivity index (χ0) is 16.2. The highest BCUT2D eigenvalue weighted by Crippen LogP contribution is 2.32. The highest BCUT2D eigenvalue weighted by molar-refractivity contribution is 6.28. The Kier molecular flexibility index (Phi) is 4.34. The van der Waals surface area contributed by atoms with E-state index in [4.69, 9.17) is 21.8 Å². The molecule has 2 heterocycles. The summed E-state index contributed by atoms with van der Waals surface area (Å²) >= 11 is 5.70. The van der Waals surface area contributed by atoms with Gasteiger partial charge in [0.1, 0.15) is 5.84 Å². The number of amidine groups is 1. The van der Waals surface area contributed by atoms with Crippen molar-refractivity contribution < 1.29 is 4.42 Å². The molecule has 1 aromatic carbocycles. The fourth-order valence-electron chi connectivity index (χ4n) is 2.05. The molecule has 0 spiro atoms. The first-order valence-electron chi connectivity index (χ1n) is 6.91. The van der Waals surface area contributed by atoms with Crippen molar-refractivity contribution in [2.24, 2.45) is 10.7 Å². The lowest BCUT2D eigenvalue weighted by Gasteiger charge is -2.04.